The van der Waals surface area contributed by atoms with Crippen LogP contribution in [0.15, 0.2) is 0 Å². The fraction of sp³-hybridized carbons (Fsp3) is 0.143. The summed E-state index contributed by atoms with van der Waals surface area (Å²) in [5.74, 6) is -0.195. The second kappa shape index (κ2) is 2.96. The van der Waals surface area contributed by atoms with Crippen molar-refractivity contribution in [2.75, 3.05) is 0 Å². The van der Waals surface area contributed by atoms with Crippen molar-refractivity contribution in [1.29, 1.82) is 0 Å². The van der Waals surface area contributed by atoms with Crippen molar-refractivity contribution in [2.24, 2.45) is 0 Å². The maximum Gasteiger partial charge on any atom is 0.119 e. The third-order valence-corrected chi connectivity index (χ3v) is 1.90. The summed E-state index contributed by atoms with van der Waals surface area (Å²) in [6, 6.07) is 0. The van der Waals surface area contributed by atoms with E-state index in [-0.39, 0.29) is 22.1 Å². The van der Waals surface area contributed by atoms with Crippen molar-refractivity contribution in [3.63, 3.8) is 0 Å². The van der Waals surface area contributed by atoms with Crippen LogP contribution in [0.1, 0.15) is 5.56 Å². The van der Waals surface area contributed by atoms with Crippen molar-refractivity contribution in [3.05, 3.63) is 5.56 Å². The summed E-state index contributed by atoms with van der Waals surface area (Å²) >= 11 is 0. The number of benzene rings is 1. The van der Waals surface area contributed by atoms with Gasteiger partial charge in [0.2, 0.25) is 0 Å². The Balaban J connectivity index is 3.60. The molecule has 8 radical (unpaired) electrons. The van der Waals surface area contributed by atoms with E-state index in [1.165, 1.54) is 0 Å². The van der Waals surface area contributed by atoms with Gasteiger partial charge < -0.3 is 5.11 Å². The number of hydrogen-bond donors (Lipinski definition) is 1. The van der Waals surface area contributed by atoms with Gasteiger partial charge in [-0.2, -0.15) is 0 Å². The lowest BCUT2D eigenvalue weighted by atomic mass is 9.66. The Morgan fingerprint density at radius 2 is 1.33 bits per heavy atom. The van der Waals surface area contributed by atoms with Crippen LogP contribution in [0.2, 0.25) is 0 Å². The van der Waals surface area contributed by atoms with E-state index in [0.29, 0.717) is 11.0 Å². The van der Waals surface area contributed by atoms with Crippen LogP contribution in [-0.2, 0) is 0 Å². The lowest BCUT2D eigenvalue weighted by Crippen LogP contribution is -2.44. The Morgan fingerprint density at radius 3 is 1.83 bits per heavy atom. The van der Waals surface area contributed by atoms with Gasteiger partial charge in [-0.05, 0) is 6.92 Å². The SMILES string of the molecule is [B]c1c([B])c(C)c([B])c(O)c1[B]. The largest absolute Gasteiger partial charge is 0.509 e. The summed E-state index contributed by atoms with van der Waals surface area (Å²) in [5.41, 5.74) is 1.27. The minimum atomic E-state index is -0.195. The van der Waals surface area contributed by atoms with Crippen molar-refractivity contribution in [1.82, 2.24) is 0 Å². The van der Waals surface area contributed by atoms with Crippen molar-refractivity contribution in [2.45, 2.75) is 6.92 Å². The first-order valence-corrected chi connectivity index (χ1v) is 3.38. The van der Waals surface area contributed by atoms with E-state index in [2.05, 4.69) is 0 Å². The second-order valence-electron chi connectivity index (χ2n) is 2.63. The fourth-order valence-corrected chi connectivity index (χ4v) is 0.942. The normalized spacial score (nSPS) is 10.1. The number of hydrogen-bond acceptors (Lipinski definition) is 1. The molecule has 0 aliphatic carbocycles. The molecule has 5 heteroatoms. The predicted molar refractivity (Wildman–Crippen MR) is 54.4 cm³/mol. The van der Waals surface area contributed by atoms with Gasteiger partial charge in [-0.3, -0.25) is 0 Å². The molecular formula is C7H4B4O. The number of phenols is 1. The minimum Gasteiger partial charge on any atom is -0.509 e. The van der Waals surface area contributed by atoms with Crippen LogP contribution >= 0.6 is 0 Å². The van der Waals surface area contributed by atoms with Gasteiger partial charge >= 0.3 is 0 Å². The molecule has 0 amide bonds. The quantitative estimate of drug-likeness (QED) is 0.385. The Labute approximate surface area is 77.2 Å². The van der Waals surface area contributed by atoms with Gasteiger partial charge in [-0.15, -0.1) is 10.9 Å². The molecule has 1 nitrogen and oxygen atoms in total. The van der Waals surface area contributed by atoms with Crippen LogP contribution in [0.25, 0.3) is 0 Å². The zero-order valence-electron chi connectivity index (χ0n) is 6.76. The van der Waals surface area contributed by atoms with Gasteiger partial charge in [0, 0.05) is 0 Å². The van der Waals surface area contributed by atoms with E-state index >= 15 is 0 Å². The molecule has 1 rings (SSSR count). The smallest absolute Gasteiger partial charge is 0.119 e. The Kier molecular flexibility index (Phi) is 2.31. The van der Waals surface area contributed by atoms with Crippen LogP contribution in [0, 0.1) is 6.92 Å². The first-order valence-electron chi connectivity index (χ1n) is 3.38. The summed E-state index contributed by atoms with van der Waals surface area (Å²) in [6.07, 6.45) is 0. The first-order chi connectivity index (χ1) is 5.46. The van der Waals surface area contributed by atoms with Gasteiger partial charge in [-0.1, -0.05) is 16.5 Å². The molecule has 50 valence electrons. The molecule has 0 aliphatic heterocycles. The van der Waals surface area contributed by atoms with Gasteiger partial charge in [0.05, 0.1) is 0 Å². The standard InChI is InChI=1S/C7H4B4O/c1-2-3(8)5(10)6(11)7(12)4(2)9/h12H,1H3. The van der Waals surface area contributed by atoms with Crippen LogP contribution < -0.4 is 21.9 Å². The maximum absolute atomic E-state index is 9.31. The molecule has 0 aromatic heterocycles. The molecule has 12 heavy (non-hydrogen) atoms. The molecule has 0 saturated carbocycles. The van der Waals surface area contributed by atoms with E-state index in [4.69, 9.17) is 31.4 Å². The average molecular weight is 147 g/mol. The number of rotatable bonds is 0. The maximum atomic E-state index is 9.31. The molecule has 1 aromatic carbocycles. The highest BCUT2D eigenvalue weighted by Crippen LogP contribution is 1.97. The molecule has 0 heterocycles. The highest BCUT2D eigenvalue weighted by Gasteiger charge is 2.08. The lowest BCUT2D eigenvalue weighted by Gasteiger charge is -2.15. The molecule has 0 atom stereocenters. The molecule has 0 saturated heterocycles. The monoisotopic (exact) mass is 148 g/mol. The van der Waals surface area contributed by atoms with E-state index in [1.54, 1.807) is 6.92 Å². The molecular weight excluding hydrogens is 143 g/mol. The van der Waals surface area contributed by atoms with Gasteiger partial charge in [0.1, 0.15) is 37.1 Å². The first kappa shape index (κ1) is 9.37. The molecule has 0 spiro atoms. The zero-order valence-corrected chi connectivity index (χ0v) is 6.76. The fourth-order valence-electron chi connectivity index (χ4n) is 0.942. The molecule has 0 aliphatic rings. The molecule has 0 fully saturated rings. The topological polar surface area (TPSA) is 20.2 Å². The highest BCUT2D eigenvalue weighted by molar-refractivity contribution is 6.60. The van der Waals surface area contributed by atoms with Crippen LogP contribution in [0.4, 0.5) is 0 Å². The molecule has 0 unspecified atom stereocenters. The van der Waals surface area contributed by atoms with Crippen LogP contribution in [0.5, 0.6) is 5.75 Å². The van der Waals surface area contributed by atoms with Crippen molar-refractivity contribution >= 4 is 53.2 Å². The van der Waals surface area contributed by atoms with E-state index in [1.807, 2.05) is 0 Å². The summed E-state index contributed by atoms with van der Waals surface area (Å²) in [4.78, 5) is 0. The van der Waals surface area contributed by atoms with Crippen molar-refractivity contribution < 1.29 is 5.11 Å². The van der Waals surface area contributed by atoms with Gasteiger partial charge in [-0.25, -0.2) is 0 Å². The van der Waals surface area contributed by atoms with Gasteiger partial charge in [0.25, 0.3) is 0 Å². The average Bonchev–Trinajstić information content (AvgIpc) is 2.08. The summed E-state index contributed by atoms with van der Waals surface area (Å²) < 4.78 is 0. The zero-order chi connectivity index (χ0) is 9.46. The van der Waals surface area contributed by atoms with Gasteiger partial charge in [0.15, 0.2) is 0 Å². The summed E-state index contributed by atoms with van der Waals surface area (Å²) in [5, 5.41) is 9.31. The predicted octanol–water partition coefficient (Wildman–Crippen LogP) is -3.12. The Bertz CT molecular complexity index is 230. The second-order valence-corrected chi connectivity index (χ2v) is 2.63. The minimum absolute atomic E-state index is 0.0376. The molecule has 0 bridgehead atoms. The van der Waals surface area contributed by atoms with Crippen LogP contribution in [0.3, 0.4) is 0 Å². The van der Waals surface area contributed by atoms with Crippen molar-refractivity contribution in [3.8, 4) is 5.75 Å². The number of phenolic OH excluding ortho intramolecular Hbond substituents is 1. The Hall–Kier alpha value is -0.720. The Morgan fingerprint density at radius 1 is 0.833 bits per heavy atom. The molecule has 1 N–H and O–H groups in total. The summed E-state index contributed by atoms with van der Waals surface area (Å²) in [6.45, 7) is 1.67. The highest BCUT2D eigenvalue weighted by atomic mass is 16.3. The van der Waals surface area contributed by atoms with E-state index in [0.717, 1.165) is 0 Å². The number of aromatic hydroxyl groups is 1. The third kappa shape index (κ3) is 1.17. The van der Waals surface area contributed by atoms with E-state index < -0.39 is 0 Å². The third-order valence-electron chi connectivity index (χ3n) is 1.90. The lowest BCUT2D eigenvalue weighted by molar-refractivity contribution is 0.484. The van der Waals surface area contributed by atoms with E-state index in [9.17, 15) is 5.11 Å². The van der Waals surface area contributed by atoms with Crippen LogP contribution in [-0.4, -0.2) is 36.5 Å². The summed E-state index contributed by atoms with van der Waals surface area (Å²) in [7, 11) is 21.9. The molecule has 1 aromatic rings.